The van der Waals surface area contributed by atoms with Gasteiger partial charge in [-0.2, -0.15) is 0 Å². The number of pyridine rings is 1. The molecule has 0 atom stereocenters. The van der Waals surface area contributed by atoms with Gasteiger partial charge in [0.15, 0.2) is 0 Å². The summed E-state index contributed by atoms with van der Waals surface area (Å²) in [6, 6.07) is 9.23. The zero-order valence-electron chi connectivity index (χ0n) is 11.4. The van der Waals surface area contributed by atoms with Gasteiger partial charge in [-0.15, -0.1) is 0 Å². The summed E-state index contributed by atoms with van der Waals surface area (Å²) in [5.41, 5.74) is 0.439. The van der Waals surface area contributed by atoms with Crippen LogP contribution in [0.1, 0.15) is 27.6 Å². The van der Waals surface area contributed by atoms with Crippen molar-refractivity contribution >= 4 is 17.6 Å². The maximum Gasteiger partial charge on any atom is 0.338 e. The summed E-state index contributed by atoms with van der Waals surface area (Å²) >= 11 is 0. The van der Waals surface area contributed by atoms with Crippen LogP contribution in [0.15, 0.2) is 47.4 Å². The first-order valence-electron chi connectivity index (χ1n) is 6.38. The highest BCUT2D eigenvalue weighted by Crippen LogP contribution is 2.11. The number of hydrogen-bond acceptors (Lipinski definition) is 4. The molecule has 108 valence electrons. The van der Waals surface area contributed by atoms with Gasteiger partial charge in [-0.3, -0.25) is 9.59 Å². The van der Waals surface area contributed by atoms with Crippen LogP contribution in [0.3, 0.4) is 0 Å². The van der Waals surface area contributed by atoms with Crippen LogP contribution in [0.25, 0.3) is 0 Å². The normalized spacial score (nSPS) is 9.95. The van der Waals surface area contributed by atoms with Crippen molar-refractivity contribution < 1.29 is 14.3 Å². The zero-order chi connectivity index (χ0) is 15.2. The van der Waals surface area contributed by atoms with E-state index >= 15 is 0 Å². The molecular weight excluding hydrogens is 272 g/mol. The van der Waals surface area contributed by atoms with Crippen molar-refractivity contribution in [2.45, 2.75) is 6.92 Å². The predicted octanol–water partition coefficient (Wildman–Crippen LogP) is 1.80. The van der Waals surface area contributed by atoms with Crippen LogP contribution in [-0.2, 0) is 4.74 Å². The SMILES string of the molecule is CCOC(=O)c1ccc(NC(=O)c2ccc[nH]c2=O)cc1. The van der Waals surface area contributed by atoms with E-state index < -0.39 is 17.4 Å². The molecule has 0 saturated carbocycles. The van der Waals surface area contributed by atoms with E-state index in [2.05, 4.69) is 10.3 Å². The van der Waals surface area contributed by atoms with Crippen LogP contribution in [0, 0.1) is 0 Å². The second-order valence-corrected chi connectivity index (χ2v) is 4.16. The van der Waals surface area contributed by atoms with Gasteiger partial charge in [-0.1, -0.05) is 0 Å². The molecule has 1 aromatic heterocycles. The lowest BCUT2D eigenvalue weighted by Crippen LogP contribution is -2.22. The number of benzene rings is 1. The Bertz CT molecular complexity index is 704. The Hall–Kier alpha value is -2.89. The molecule has 2 rings (SSSR count). The number of amides is 1. The van der Waals surface area contributed by atoms with E-state index in [-0.39, 0.29) is 5.56 Å². The number of ether oxygens (including phenoxy) is 1. The second-order valence-electron chi connectivity index (χ2n) is 4.16. The summed E-state index contributed by atoms with van der Waals surface area (Å²) in [7, 11) is 0. The number of aromatic amines is 1. The van der Waals surface area contributed by atoms with Crippen LogP contribution in [-0.4, -0.2) is 23.5 Å². The first kappa shape index (κ1) is 14.5. The summed E-state index contributed by atoms with van der Waals surface area (Å²) in [5, 5.41) is 2.59. The van der Waals surface area contributed by atoms with E-state index in [1.807, 2.05) is 0 Å². The van der Waals surface area contributed by atoms with Gasteiger partial charge in [-0.05, 0) is 43.3 Å². The lowest BCUT2D eigenvalue weighted by atomic mass is 10.2. The summed E-state index contributed by atoms with van der Waals surface area (Å²) in [6.45, 7) is 2.03. The monoisotopic (exact) mass is 286 g/mol. The Kier molecular flexibility index (Phi) is 4.50. The standard InChI is InChI=1S/C15H14N2O4/c1-2-21-15(20)10-5-7-11(8-6-10)17-14(19)12-4-3-9-16-13(12)18/h3-9H,2H2,1H3,(H,16,18)(H,17,19). The first-order valence-corrected chi connectivity index (χ1v) is 6.38. The minimum Gasteiger partial charge on any atom is -0.462 e. The minimum atomic E-state index is -0.513. The molecule has 2 aromatic rings. The summed E-state index contributed by atoms with van der Waals surface area (Å²) in [6.07, 6.45) is 1.45. The third-order valence-electron chi connectivity index (χ3n) is 2.72. The van der Waals surface area contributed by atoms with E-state index in [9.17, 15) is 14.4 Å². The fourth-order valence-electron chi connectivity index (χ4n) is 1.70. The molecule has 1 heterocycles. The fraction of sp³-hybridized carbons (Fsp3) is 0.133. The number of rotatable bonds is 4. The molecule has 6 nitrogen and oxygen atoms in total. The topological polar surface area (TPSA) is 88.3 Å². The van der Waals surface area contributed by atoms with E-state index in [1.165, 1.54) is 12.3 Å². The minimum absolute atomic E-state index is 0.0203. The molecule has 0 unspecified atom stereocenters. The van der Waals surface area contributed by atoms with Crippen molar-refractivity contribution in [2.75, 3.05) is 11.9 Å². The van der Waals surface area contributed by atoms with Crippen molar-refractivity contribution in [3.8, 4) is 0 Å². The van der Waals surface area contributed by atoms with Crippen molar-refractivity contribution in [1.29, 1.82) is 0 Å². The first-order chi connectivity index (χ1) is 10.1. The number of carbonyl (C=O) groups excluding carboxylic acids is 2. The average molecular weight is 286 g/mol. The van der Waals surface area contributed by atoms with Gasteiger partial charge in [-0.25, -0.2) is 4.79 Å². The predicted molar refractivity (Wildman–Crippen MR) is 77.4 cm³/mol. The molecule has 6 heteroatoms. The molecule has 0 fully saturated rings. The van der Waals surface area contributed by atoms with Gasteiger partial charge in [0.25, 0.3) is 11.5 Å². The smallest absolute Gasteiger partial charge is 0.338 e. The molecular formula is C15H14N2O4. The third-order valence-corrected chi connectivity index (χ3v) is 2.72. The number of H-pyrrole nitrogens is 1. The molecule has 0 spiro atoms. The zero-order valence-corrected chi connectivity index (χ0v) is 11.4. The summed E-state index contributed by atoms with van der Waals surface area (Å²) < 4.78 is 4.86. The molecule has 1 amide bonds. The van der Waals surface area contributed by atoms with Gasteiger partial charge in [0.1, 0.15) is 5.56 Å². The van der Waals surface area contributed by atoms with Crippen molar-refractivity contribution in [1.82, 2.24) is 4.98 Å². The van der Waals surface area contributed by atoms with Crippen LogP contribution < -0.4 is 10.9 Å². The summed E-state index contributed by atoms with van der Waals surface area (Å²) in [5.74, 6) is -0.935. The number of carbonyl (C=O) groups is 2. The molecule has 0 radical (unpaired) electrons. The van der Waals surface area contributed by atoms with E-state index in [0.29, 0.717) is 17.9 Å². The largest absolute Gasteiger partial charge is 0.462 e. The second kappa shape index (κ2) is 6.51. The van der Waals surface area contributed by atoms with E-state index in [1.54, 1.807) is 37.3 Å². The van der Waals surface area contributed by atoms with Gasteiger partial charge in [0.05, 0.1) is 12.2 Å². The number of aromatic nitrogens is 1. The van der Waals surface area contributed by atoms with Gasteiger partial charge in [0.2, 0.25) is 0 Å². The van der Waals surface area contributed by atoms with Crippen molar-refractivity contribution in [3.63, 3.8) is 0 Å². The van der Waals surface area contributed by atoms with Gasteiger partial charge >= 0.3 is 5.97 Å². The molecule has 21 heavy (non-hydrogen) atoms. The Balaban J connectivity index is 2.10. The molecule has 0 saturated heterocycles. The van der Waals surface area contributed by atoms with Crippen LogP contribution in [0.5, 0.6) is 0 Å². The Labute approximate surface area is 120 Å². The Morgan fingerprint density at radius 3 is 2.52 bits per heavy atom. The van der Waals surface area contributed by atoms with Crippen LogP contribution >= 0.6 is 0 Å². The van der Waals surface area contributed by atoms with Gasteiger partial charge in [0, 0.05) is 11.9 Å². The maximum atomic E-state index is 11.9. The highest BCUT2D eigenvalue weighted by atomic mass is 16.5. The molecule has 1 aromatic carbocycles. The molecule has 0 aliphatic rings. The Morgan fingerprint density at radius 1 is 1.19 bits per heavy atom. The number of nitrogens with one attached hydrogen (secondary N) is 2. The molecule has 0 aliphatic heterocycles. The maximum absolute atomic E-state index is 11.9. The average Bonchev–Trinajstić information content (AvgIpc) is 2.48. The van der Waals surface area contributed by atoms with Crippen LogP contribution in [0.2, 0.25) is 0 Å². The molecule has 0 bridgehead atoms. The lowest BCUT2D eigenvalue weighted by molar-refractivity contribution is 0.0526. The fourth-order valence-corrected chi connectivity index (χ4v) is 1.70. The number of anilines is 1. The summed E-state index contributed by atoms with van der Waals surface area (Å²) in [4.78, 5) is 37.3. The molecule has 2 N–H and O–H groups in total. The van der Waals surface area contributed by atoms with Gasteiger partial charge < -0.3 is 15.0 Å². The van der Waals surface area contributed by atoms with E-state index in [0.717, 1.165) is 0 Å². The number of hydrogen-bond donors (Lipinski definition) is 2. The van der Waals surface area contributed by atoms with E-state index in [4.69, 9.17) is 4.74 Å². The van der Waals surface area contributed by atoms with Crippen molar-refractivity contribution in [3.05, 3.63) is 64.1 Å². The number of esters is 1. The highest BCUT2D eigenvalue weighted by molar-refractivity contribution is 6.04. The lowest BCUT2D eigenvalue weighted by Gasteiger charge is -2.06. The van der Waals surface area contributed by atoms with Crippen LogP contribution in [0.4, 0.5) is 5.69 Å². The van der Waals surface area contributed by atoms with Crippen molar-refractivity contribution in [2.24, 2.45) is 0 Å². The quantitative estimate of drug-likeness (QED) is 0.839. The third kappa shape index (κ3) is 3.56. The molecule has 0 aliphatic carbocycles. The highest BCUT2D eigenvalue weighted by Gasteiger charge is 2.11. The Morgan fingerprint density at radius 2 is 1.90 bits per heavy atom.